The molecule has 2 nitrogen and oxygen atoms in total. The molecule has 5 heteroatoms. The first kappa shape index (κ1) is 12.0. The number of ketones is 1. The molecule has 0 unspecified atom stereocenters. The van der Waals surface area contributed by atoms with Gasteiger partial charge in [0.1, 0.15) is 11.5 Å². The third-order valence-electron chi connectivity index (χ3n) is 1.69. The first-order valence-electron chi connectivity index (χ1n) is 4.25. The lowest BCUT2D eigenvalue weighted by molar-refractivity contribution is -0.116. The van der Waals surface area contributed by atoms with Gasteiger partial charge < -0.3 is 4.74 Å². The van der Waals surface area contributed by atoms with Crippen molar-refractivity contribution in [3.05, 3.63) is 23.8 Å². The minimum atomic E-state index is -2.89. The minimum absolute atomic E-state index is 0.00733. The first-order chi connectivity index (χ1) is 6.99. The monoisotopic (exact) mass is 232 g/mol. The Morgan fingerprint density at radius 2 is 2.20 bits per heavy atom. The molecule has 0 aliphatic heterocycles. The van der Waals surface area contributed by atoms with Crippen molar-refractivity contribution < 1.29 is 18.3 Å². The van der Waals surface area contributed by atoms with E-state index in [0.29, 0.717) is 10.5 Å². The number of benzene rings is 1. The van der Waals surface area contributed by atoms with Crippen molar-refractivity contribution in [1.82, 2.24) is 0 Å². The fourth-order valence-corrected chi connectivity index (χ4v) is 1.34. The molecule has 0 aliphatic carbocycles. The van der Waals surface area contributed by atoms with Crippen LogP contribution in [0.5, 0.6) is 5.75 Å². The number of carbonyl (C=O) groups is 1. The van der Waals surface area contributed by atoms with Crippen molar-refractivity contribution in [3.63, 3.8) is 0 Å². The maximum atomic E-state index is 12.0. The van der Waals surface area contributed by atoms with Gasteiger partial charge in [0.05, 0.1) is 0 Å². The normalized spacial score (nSPS) is 10.5. The van der Waals surface area contributed by atoms with Crippen molar-refractivity contribution >= 4 is 18.4 Å². The SMILES string of the molecule is CC(=O)Cc1ccc(S)c(OC(F)F)c1. The maximum Gasteiger partial charge on any atom is 0.387 e. The summed E-state index contributed by atoms with van der Waals surface area (Å²) in [4.78, 5) is 11.1. The van der Waals surface area contributed by atoms with Crippen LogP contribution >= 0.6 is 12.6 Å². The molecule has 82 valence electrons. The Bertz CT molecular complexity index is 366. The second-order valence-electron chi connectivity index (χ2n) is 3.06. The quantitative estimate of drug-likeness (QED) is 0.808. The van der Waals surface area contributed by atoms with Gasteiger partial charge in [0, 0.05) is 11.3 Å². The number of carbonyl (C=O) groups excluding carboxylic acids is 1. The Morgan fingerprint density at radius 1 is 1.53 bits per heavy atom. The highest BCUT2D eigenvalue weighted by Crippen LogP contribution is 2.25. The van der Waals surface area contributed by atoms with Crippen LogP contribution in [-0.2, 0) is 11.2 Å². The van der Waals surface area contributed by atoms with Gasteiger partial charge in [0.15, 0.2) is 0 Å². The fraction of sp³-hybridized carbons (Fsp3) is 0.300. The topological polar surface area (TPSA) is 26.3 Å². The Hall–Kier alpha value is -1.10. The van der Waals surface area contributed by atoms with Gasteiger partial charge in [-0.3, -0.25) is 4.79 Å². The average Bonchev–Trinajstić information content (AvgIpc) is 2.09. The summed E-state index contributed by atoms with van der Waals surface area (Å²) in [6.45, 7) is -1.45. The van der Waals surface area contributed by atoms with Gasteiger partial charge in [0.2, 0.25) is 0 Å². The molecule has 0 atom stereocenters. The van der Waals surface area contributed by atoms with Gasteiger partial charge in [-0.25, -0.2) is 0 Å². The molecule has 0 radical (unpaired) electrons. The molecule has 0 aromatic heterocycles. The summed E-state index contributed by atoms with van der Waals surface area (Å²) >= 11 is 3.97. The molecule has 1 rings (SSSR count). The second-order valence-corrected chi connectivity index (χ2v) is 3.54. The van der Waals surface area contributed by atoms with Gasteiger partial charge in [0.25, 0.3) is 0 Å². The second kappa shape index (κ2) is 5.11. The zero-order valence-electron chi connectivity index (χ0n) is 8.04. The van der Waals surface area contributed by atoms with E-state index in [-0.39, 0.29) is 18.0 Å². The number of Topliss-reactive ketones (excluding diaryl/α,β-unsaturated/α-hetero) is 1. The standard InChI is InChI=1S/C10H10F2O2S/c1-6(13)4-7-2-3-9(15)8(5-7)14-10(11)12/h2-3,5,10,15H,4H2,1H3. The highest BCUT2D eigenvalue weighted by Gasteiger charge is 2.09. The van der Waals surface area contributed by atoms with Crippen molar-refractivity contribution in [2.24, 2.45) is 0 Å². The zero-order chi connectivity index (χ0) is 11.4. The molecule has 0 saturated heterocycles. The van der Waals surface area contributed by atoms with Crippen molar-refractivity contribution in [2.45, 2.75) is 24.9 Å². The van der Waals surface area contributed by atoms with Crippen LogP contribution in [0.3, 0.4) is 0 Å². The molecule has 0 spiro atoms. The van der Waals surface area contributed by atoms with E-state index in [1.54, 1.807) is 6.07 Å². The van der Waals surface area contributed by atoms with Crippen LogP contribution in [0.2, 0.25) is 0 Å². The lowest BCUT2D eigenvalue weighted by atomic mass is 10.1. The summed E-state index contributed by atoms with van der Waals surface area (Å²) < 4.78 is 28.2. The van der Waals surface area contributed by atoms with E-state index in [2.05, 4.69) is 17.4 Å². The lowest BCUT2D eigenvalue weighted by Gasteiger charge is -2.08. The first-order valence-corrected chi connectivity index (χ1v) is 4.70. The van der Waals surface area contributed by atoms with Crippen LogP contribution in [0.1, 0.15) is 12.5 Å². The van der Waals surface area contributed by atoms with Crippen molar-refractivity contribution in [2.75, 3.05) is 0 Å². The summed E-state index contributed by atoms with van der Waals surface area (Å²) in [6.07, 6.45) is 0.202. The average molecular weight is 232 g/mol. The van der Waals surface area contributed by atoms with Crippen molar-refractivity contribution in [3.8, 4) is 5.75 Å². The molecule has 1 aromatic rings. The molecule has 1 aromatic carbocycles. The third-order valence-corrected chi connectivity index (χ3v) is 2.06. The lowest BCUT2D eigenvalue weighted by Crippen LogP contribution is -2.04. The molecular formula is C10H10F2O2S. The summed E-state index contributed by atoms with van der Waals surface area (Å²) in [5.74, 6) is -0.0444. The predicted octanol–water partition coefficient (Wildman–Crippen LogP) is 2.71. The Morgan fingerprint density at radius 3 is 2.73 bits per heavy atom. The Balaban J connectivity index is 2.89. The summed E-state index contributed by atoms with van der Waals surface area (Å²) in [5.41, 5.74) is 0.635. The number of halogens is 2. The van der Waals surface area contributed by atoms with Gasteiger partial charge in [-0.15, -0.1) is 12.6 Å². The molecule has 0 heterocycles. The number of hydrogen-bond acceptors (Lipinski definition) is 3. The maximum absolute atomic E-state index is 12.0. The number of rotatable bonds is 4. The van der Waals surface area contributed by atoms with E-state index in [9.17, 15) is 13.6 Å². The van der Waals surface area contributed by atoms with E-state index in [0.717, 1.165) is 0 Å². The summed E-state index contributed by atoms with van der Waals surface area (Å²) in [6, 6.07) is 4.58. The van der Waals surface area contributed by atoms with E-state index in [1.165, 1.54) is 19.1 Å². The largest absolute Gasteiger partial charge is 0.434 e. The molecular weight excluding hydrogens is 222 g/mol. The number of thiol groups is 1. The smallest absolute Gasteiger partial charge is 0.387 e. The molecule has 0 N–H and O–H groups in total. The Labute approximate surface area is 91.7 Å². The molecule has 0 bridgehead atoms. The molecule has 0 aliphatic rings. The van der Waals surface area contributed by atoms with Gasteiger partial charge in [-0.1, -0.05) is 6.07 Å². The van der Waals surface area contributed by atoms with Crippen LogP contribution in [-0.4, -0.2) is 12.4 Å². The third kappa shape index (κ3) is 3.87. The van der Waals surface area contributed by atoms with E-state index in [1.807, 2.05) is 0 Å². The molecule has 0 fully saturated rings. The van der Waals surface area contributed by atoms with Crippen LogP contribution in [0, 0.1) is 0 Å². The summed E-state index contributed by atoms with van der Waals surface area (Å²) in [7, 11) is 0. The van der Waals surface area contributed by atoms with Gasteiger partial charge in [-0.05, 0) is 24.6 Å². The molecule has 0 amide bonds. The minimum Gasteiger partial charge on any atom is -0.434 e. The molecule has 0 saturated carbocycles. The van der Waals surface area contributed by atoms with Gasteiger partial charge in [-0.2, -0.15) is 8.78 Å². The van der Waals surface area contributed by atoms with E-state index >= 15 is 0 Å². The van der Waals surface area contributed by atoms with E-state index < -0.39 is 6.61 Å². The fourth-order valence-electron chi connectivity index (χ4n) is 1.15. The van der Waals surface area contributed by atoms with Crippen LogP contribution in [0.15, 0.2) is 23.1 Å². The zero-order valence-corrected chi connectivity index (χ0v) is 8.93. The highest BCUT2D eigenvalue weighted by atomic mass is 32.1. The van der Waals surface area contributed by atoms with Crippen LogP contribution in [0.4, 0.5) is 8.78 Å². The number of alkyl halides is 2. The van der Waals surface area contributed by atoms with E-state index in [4.69, 9.17) is 0 Å². The highest BCUT2D eigenvalue weighted by molar-refractivity contribution is 7.80. The predicted molar refractivity (Wildman–Crippen MR) is 54.7 cm³/mol. The summed E-state index contributed by atoms with van der Waals surface area (Å²) in [5, 5.41) is 0. The van der Waals surface area contributed by atoms with Crippen LogP contribution in [0.25, 0.3) is 0 Å². The Kier molecular flexibility index (Phi) is 4.08. The number of ether oxygens (including phenoxy) is 1. The van der Waals surface area contributed by atoms with Crippen LogP contribution < -0.4 is 4.74 Å². The van der Waals surface area contributed by atoms with Gasteiger partial charge >= 0.3 is 6.61 Å². The molecule has 15 heavy (non-hydrogen) atoms. The van der Waals surface area contributed by atoms with Crippen molar-refractivity contribution in [1.29, 1.82) is 0 Å². The number of hydrogen-bond donors (Lipinski definition) is 1.